The highest BCUT2D eigenvalue weighted by atomic mass is 35.5. The minimum Gasteiger partial charge on any atom is -0.512 e. The van der Waals surface area contributed by atoms with E-state index < -0.39 is 28.4 Å². The molecule has 0 heterocycles. The summed E-state index contributed by atoms with van der Waals surface area (Å²) in [7, 11) is 0. The molecular formula is C15H17ClN4O7. The average Bonchev–Trinajstić information content (AvgIpc) is 2.62. The zero-order chi connectivity index (χ0) is 20.4. The first kappa shape index (κ1) is 21.7. The Kier molecular flexibility index (Phi) is 8.53. The van der Waals surface area contributed by atoms with Crippen molar-refractivity contribution in [3.05, 3.63) is 45.4 Å². The molecule has 0 spiro atoms. The molecule has 146 valence electrons. The molecule has 0 saturated carbocycles. The zero-order valence-electron chi connectivity index (χ0n) is 14.4. The fraction of sp³-hybridized carbons (Fsp3) is 0.267. The lowest BCUT2D eigenvalue weighted by molar-refractivity contribution is -0.384. The van der Waals surface area contributed by atoms with Gasteiger partial charge in [0.1, 0.15) is 11.9 Å². The number of aliphatic hydroxyl groups is 1. The maximum absolute atomic E-state index is 12.0. The van der Waals surface area contributed by atoms with Crippen LogP contribution in [0.2, 0.25) is 5.02 Å². The molecule has 0 aliphatic rings. The number of ether oxygens (including phenoxy) is 2. The number of carbonyl (C=O) groups excluding carboxylic acids is 2. The van der Waals surface area contributed by atoms with E-state index >= 15 is 0 Å². The fourth-order valence-corrected chi connectivity index (χ4v) is 1.86. The second-order valence-electron chi connectivity index (χ2n) is 4.59. The van der Waals surface area contributed by atoms with Gasteiger partial charge in [0, 0.05) is 11.1 Å². The van der Waals surface area contributed by atoms with E-state index in [1.54, 1.807) is 6.92 Å². The predicted octanol–water partition coefficient (Wildman–Crippen LogP) is 2.09. The van der Waals surface area contributed by atoms with Gasteiger partial charge in [0.2, 0.25) is 11.6 Å². The van der Waals surface area contributed by atoms with E-state index in [1.165, 1.54) is 19.1 Å². The van der Waals surface area contributed by atoms with E-state index in [9.17, 15) is 19.7 Å². The average molecular weight is 401 g/mol. The van der Waals surface area contributed by atoms with Crippen molar-refractivity contribution in [3.63, 3.8) is 0 Å². The Morgan fingerprint density at radius 1 is 1.33 bits per heavy atom. The van der Waals surface area contributed by atoms with E-state index in [0.717, 1.165) is 6.07 Å². The third-order valence-corrected chi connectivity index (χ3v) is 3.02. The van der Waals surface area contributed by atoms with Crippen molar-refractivity contribution in [2.24, 2.45) is 5.10 Å². The van der Waals surface area contributed by atoms with Crippen LogP contribution < -0.4 is 10.7 Å². The van der Waals surface area contributed by atoms with E-state index in [-0.39, 0.29) is 29.6 Å². The molecule has 0 atom stereocenters. The van der Waals surface area contributed by atoms with Gasteiger partial charge in [-0.15, -0.1) is 5.10 Å². The van der Waals surface area contributed by atoms with E-state index in [4.69, 9.17) is 26.2 Å². The number of nitrogens with zero attached hydrogens (tertiary/aromatic N) is 2. The van der Waals surface area contributed by atoms with Crippen LogP contribution in [0, 0.1) is 10.1 Å². The SMILES string of the molecule is CCOC(=O)/C(=N/Nc1cc(Cl)ccc1[N+](=O)[O-])NC(=O)/C(=C\O)OCC. The van der Waals surface area contributed by atoms with Crippen LogP contribution in [0.3, 0.4) is 0 Å². The molecular weight excluding hydrogens is 384 g/mol. The molecule has 27 heavy (non-hydrogen) atoms. The molecule has 0 aliphatic heterocycles. The normalized spacial score (nSPS) is 11.5. The quantitative estimate of drug-likeness (QED) is 0.120. The van der Waals surface area contributed by atoms with Gasteiger partial charge in [0.05, 0.1) is 18.1 Å². The van der Waals surface area contributed by atoms with Gasteiger partial charge in [0.25, 0.3) is 11.6 Å². The minimum absolute atomic E-state index is 0.0147. The number of aliphatic hydroxyl groups excluding tert-OH is 1. The summed E-state index contributed by atoms with van der Waals surface area (Å²) in [5.41, 5.74) is 1.82. The number of amidine groups is 1. The van der Waals surface area contributed by atoms with Gasteiger partial charge in [-0.1, -0.05) is 11.6 Å². The molecule has 11 nitrogen and oxygen atoms in total. The molecule has 12 heteroatoms. The summed E-state index contributed by atoms with van der Waals surface area (Å²) in [6.07, 6.45) is 0.414. The number of hydrogen-bond acceptors (Lipinski definition) is 9. The molecule has 1 rings (SSSR count). The van der Waals surface area contributed by atoms with Crippen molar-refractivity contribution in [3.8, 4) is 0 Å². The Labute approximate surface area is 158 Å². The topological polar surface area (TPSA) is 152 Å². The van der Waals surface area contributed by atoms with Crippen LogP contribution in [0.25, 0.3) is 0 Å². The van der Waals surface area contributed by atoms with Gasteiger partial charge in [-0.25, -0.2) is 4.79 Å². The Morgan fingerprint density at radius 2 is 2.00 bits per heavy atom. The first-order valence-corrected chi connectivity index (χ1v) is 7.95. The smallest absolute Gasteiger partial charge is 0.376 e. The highest BCUT2D eigenvalue weighted by molar-refractivity contribution is 6.39. The van der Waals surface area contributed by atoms with Crippen molar-refractivity contribution < 1.29 is 29.1 Å². The molecule has 0 aliphatic carbocycles. The number of halogens is 1. The van der Waals surface area contributed by atoms with Crippen molar-refractivity contribution >= 4 is 40.7 Å². The number of nitro benzene ring substituents is 1. The predicted molar refractivity (Wildman–Crippen MR) is 96.3 cm³/mol. The maximum Gasteiger partial charge on any atom is 0.376 e. The van der Waals surface area contributed by atoms with Crippen molar-refractivity contribution in [2.45, 2.75) is 13.8 Å². The summed E-state index contributed by atoms with van der Waals surface area (Å²) < 4.78 is 9.65. The fourth-order valence-electron chi connectivity index (χ4n) is 1.68. The summed E-state index contributed by atoms with van der Waals surface area (Å²) in [6.45, 7) is 3.18. The second-order valence-corrected chi connectivity index (χ2v) is 5.03. The van der Waals surface area contributed by atoms with Crippen molar-refractivity contribution in [2.75, 3.05) is 18.6 Å². The lowest BCUT2D eigenvalue weighted by Gasteiger charge is -2.10. The molecule has 1 amide bonds. The number of hydrazone groups is 1. The van der Waals surface area contributed by atoms with Gasteiger partial charge in [-0.3, -0.25) is 25.7 Å². The van der Waals surface area contributed by atoms with Crippen LogP contribution in [0.5, 0.6) is 0 Å². The number of nitro groups is 1. The number of carbonyl (C=O) groups is 2. The van der Waals surface area contributed by atoms with Crippen molar-refractivity contribution in [1.82, 2.24) is 5.32 Å². The third-order valence-electron chi connectivity index (χ3n) is 2.79. The van der Waals surface area contributed by atoms with E-state index in [1.807, 2.05) is 0 Å². The highest BCUT2D eigenvalue weighted by Crippen LogP contribution is 2.27. The summed E-state index contributed by atoms with van der Waals surface area (Å²) in [5.74, 6) is -3.08. The molecule has 1 aromatic rings. The standard InChI is InChI=1S/C15H17ClN4O7/c1-3-26-12(8-21)14(22)17-13(15(23)27-4-2)19-18-10-7-9(16)5-6-11(10)20(24)25/h5-8,18,21H,3-4H2,1-2H3,(H,17,19,22)/b12-8+. The van der Waals surface area contributed by atoms with Crippen LogP contribution in [0.1, 0.15) is 13.8 Å². The molecule has 0 fully saturated rings. The van der Waals surface area contributed by atoms with Crippen LogP contribution in [0.4, 0.5) is 11.4 Å². The largest absolute Gasteiger partial charge is 0.512 e. The van der Waals surface area contributed by atoms with Crippen molar-refractivity contribution in [1.29, 1.82) is 0 Å². The number of benzene rings is 1. The number of hydrogen-bond donors (Lipinski definition) is 3. The minimum atomic E-state index is -1.02. The molecule has 0 unspecified atom stereocenters. The Morgan fingerprint density at radius 3 is 2.56 bits per heavy atom. The number of esters is 1. The molecule has 3 N–H and O–H groups in total. The summed E-state index contributed by atoms with van der Waals surface area (Å²) in [6, 6.07) is 3.67. The summed E-state index contributed by atoms with van der Waals surface area (Å²) in [5, 5.41) is 26.0. The van der Waals surface area contributed by atoms with Crippen LogP contribution in [-0.2, 0) is 19.1 Å². The van der Waals surface area contributed by atoms with Gasteiger partial charge in [-0.05, 0) is 26.0 Å². The van der Waals surface area contributed by atoms with Gasteiger partial charge < -0.3 is 14.6 Å². The summed E-state index contributed by atoms with van der Waals surface area (Å²) >= 11 is 5.80. The lowest BCUT2D eigenvalue weighted by Crippen LogP contribution is -2.39. The monoisotopic (exact) mass is 400 g/mol. The molecule has 0 saturated heterocycles. The second kappa shape index (κ2) is 10.6. The van der Waals surface area contributed by atoms with Gasteiger partial charge in [-0.2, -0.15) is 0 Å². The molecule has 1 aromatic carbocycles. The zero-order valence-corrected chi connectivity index (χ0v) is 15.1. The number of nitrogens with one attached hydrogen (secondary N) is 2. The first-order chi connectivity index (χ1) is 12.8. The van der Waals surface area contributed by atoms with E-state index in [2.05, 4.69) is 15.8 Å². The van der Waals surface area contributed by atoms with Gasteiger partial charge >= 0.3 is 5.97 Å². The maximum atomic E-state index is 12.0. The summed E-state index contributed by atoms with van der Waals surface area (Å²) in [4.78, 5) is 34.3. The Hall–Kier alpha value is -3.34. The van der Waals surface area contributed by atoms with E-state index in [0.29, 0.717) is 6.26 Å². The molecule has 0 radical (unpaired) electrons. The first-order valence-electron chi connectivity index (χ1n) is 7.57. The molecule has 0 bridgehead atoms. The van der Waals surface area contributed by atoms with Crippen LogP contribution in [0.15, 0.2) is 35.3 Å². The Bertz CT molecular complexity index is 779. The number of rotatable bonds is 7. The van der Waals surface area contributed by atoms with Crippen LogP contribution in [-0.4, -0.2) is 41.0 Å². The molecule has 0 aromatic heterocycles. The van der Waals surface area contributed by atoms with Gasteiger partial charge in [0.15, 0.2) is 0 Å². The number of anilines is 1. The Balaban J connectivity index is 3.14. The lowest BCUT2D eigenvalue weighted by atomic mass is 10.3. The van der Waals surface area contributed by atoms with Crippen LogP contribution >= 0.6 is 11.6 Å². The number of amides is 1. The third kappa shape index (κ3) is 6.47. The highest BCUT2D eigenvalue weighted by Gasteiger charge is 2.21.